The Morgan fingerprint density at radius 1 is 1.79 bits per heavy atom. The molecule has 1 aromatic rings. The molecule has 0 spiro atoms. The molecule has 0 amide bonds. The number of aliphatic carboxylic acids is 1. The number of ether oxygens (including phenoxy) is 1. The minimum atomic E-state index is -0.945. The van der Waals surface area contributed by atoms with Crippen LogP contribution in [0.2, 0.25) is 0 Å². The summed E-state index contributed by atoms with van der Waals surface area (Å²) in [6.45, 7) is 3.98. The van der Waals surface area contributed by atoms with Gasteiger partial charge in [0.2, 0.25) is 0 Å². The molecule has 1 atom stereocenters. The Morgan fingerprint density at radius 3 is 3.00 bits per heavy atom. The second-order valence-corrected chi connectivity index (χ2v) is 3.14. The van der Waals surface area contributed by atoms with Crippen LogP contribution < -0.4 is 0 Å². The highest BCUT2D eigenvalue weighted by Gasteiger charge is 2.07. The number of carboxylic acids is 1. The largest absolute Gasteiger partial charge is 0.480 e. The molecule has 1 aromatic heterocycles. The number of nitrogens with zero attached hydrogens (tertiary/aromatic N) is 2. The van der Waals surface area contributed by atoms with Gasteiger partial charge in [0, 0.05) is 12.4 Å². The first-order valence-corrected chi connectivity index (χ1v) is 4.40. The van der Waals surface area contributed by atoms with Gasteiger partial charge in [0.25, 0.3) is 0 Å². The number of hydrogen-bond acceptors (Lipinski definition) is 3. The van der Waals surface area contributed by atoms with E-state index in [4.69, 9.17) is 9.84 Å². The molecule has 14 heavy (non-hydrogen) atoms. The topological polar surface area (TPSA) is 64.4 Å². The first-order valence-electron chi connectivity index (χ1n) is 4.40. The Balaban J connectivity index is 2.39. The van der Waals surface area contributed by atoms with Gasteiger partial charge in [-0.3, -0.25) is 0 Å². The van der Waals surface area contributed by atoms with E-state index < -0.39 is 5.97 Å². The van der Waals surface area contributed by atoms with Crippen molar-refractivity contribution in [2.45, 2.75) is 19.9 Å². The number of aromatic nitrogens is 2. The van der Waals surface area contributed by atoms with Crippen LogP contribution in [0.4, 0.5) is 0 Å². The van der Waals surface area contributed by atoms with E-state index in [1.807, 2.05) is 24.6 Å². The average Bonchev–Trinajstić information content (AvgIpc) is 2.50. The molecule has 0 bridgehead atoms. The summed E-state index contributed by atoms with van der Waals surface area (Å²) in [5.74, 6) is -0.0454. The van der Waals surface area contributed by atoms with Crippen molar-refractivity contribution in [3.63, 3.8) is 0 Å². The van der Waals surface area contributed by atoms with Crippen LogP contribution in [0.15, 0.2) is 12.4 Å². The van der Waals surface area contributed by atoms with E-state index in [0.29, 0.717) is 6.61 Å². The monoisotopic (exact) mass is 198 g/mol. The number of rotatable bonds is 5. The van der Waals surface area contributed by atoms with Gasteiger partial charge in [-0.1, -0.05) is 0 Å². The Kier molecular flexibility index (Phi) is 3.64. The minimum absolute atomic E-state index is 0.108. The van der Waals surface area contributed by atoms with E-state index in [1.54, 1.807) is 6.20 Å². The lowest BCUT2D eigenvalue weighted by Gasteiger charge is -2.14. The van der Waals surface area contributed by atoms with Gasteiger partial charge in [0.05, 0.1) is 12.6 Å². The molecule has 0 saturated carbocycles. The van der Waals surface area contributed by atoms with Gasteiger partial charge in [-0.05, 0) is 13.8 Å². The van der Waals surface area contributed by atoms with Crippen LogP contribution in [0.3, 0.4) is 0 Å². The maximum atomic E-state index is 10.2. The first kappa shape index (κ1) is 10.7. The van der Waals surface area contributed by atoms with Crippen LogP contribution in [0.5, 0.6) is 0 Å². The second-order valence-electron chi connectivity index (χ2n) is 3.14. The van der Waals surface area contributed by atoms with Crippen LogP contribution in [0, 0.1) is 6.92 Å². The zero-order valence-corrected chi connectivity index (χ0v) is 8.30. The summed E-state index contributed by atoms with van der Waals surface area (Å²) in [7, 11) is 0. The highest BCUT2D eigenvalue weighted by Crippen LogP contribution is 2.08. The van der Waals surface area contributed by atoms with Crippen molar-refractivity contribution in [1.29, 1.82) is 0 Å². The van der Waals surface area contributed by atoms with Gasteiger partial charge < -0.3 is 14.4 Å². The van der Waals surface area contributed by atoms with E-state index in [2.05, 4.69) is 4.98 Å². The summed E-state index contributed by atoms with van der Waals surface area (Å²) in [5.41, 5.74) is 0. The normalized spacial score (nSPS) is 12.7. The Hall–Kier alpha value is -1.36. The Morgan fingerprint density at radius 2 is 2.50 bits per heavy atom. The fraction of sp³-hybridized carbons (Fsp3) is 0.556. The summed E-state index contributed by atoms with van der Waals surface area (Å²) in [4.78, 5) is 14.3. The molecule has 0 saturated heterocycles. The Labute approximate surface area is 82.3 Å². The van der Waals surface area contributed by atoms with Gasteiger partial charge in [-0.25, -0.2) is 9.78 Å². The molecule has 0 radical (unpaired) electrons. The van der Waals surface area contributed by atoms with Crippen LogP contribution in [0.1, 0.15) is 18.8 Å². The molecule has 0 aliphatic rings. The molecule has 1 heterocycles. The summed E-state index contributed by atoms with van der Waals surface area (Å²) < 4.78 is 6.93. The van der Waals surface area contributed by atoms with Gasteiger partial charge >= 0.3 is 5.97 Å². The van der Waals surface area contributed by atoms with E-state index in [0.717, 1.165) is 5.82 Å². The highest BCUT2D eigenvalue weighted by atomic mass is 16.5. The molecule has 5 heteroatoms. The molecule has 78 valence electrons. The van der Waals surface area contributed by atoms with Crippen molar-refractivity contribution in [2.75, 3.05) is 13.2 Å². The molecular weight excluding hydrogens is 184 g/mol. The van der Waals surface area contributed by atoms with Gasteiger partial charge in [-0.2, -0.15) is 0 Å². The fourth-order valence-electron chi connectivity index (χ4n) is 1.25. The van der Waals surface area contributed by atoms with Crippen molar-refractivity contribution in [3.8, 4) is 0 Å². The molecule has 5 nitrogen and oxygen atoms in total. The SMILES string of the molecule is Cc1nccn1[C@H](C)COCC(=O)O. The third-order valence-electron chi connectivity index (χ3n) is 1.92. The standard InChI is InChI=1S/C9H14N2O3/c1-7(5-14-6-9(12)13)11-4-3-10-8(11)2/h3-4,7H,5-6H2,1-2H3,(H,12,13)/t7-/m1/s1. The fourth-order valence-corrected chi connectivity index (χ4v) is 1.25. The number of carbonyl (C=O) groups is 1. The number of carboxylic acid groups (broad SMARTS) is 1. The lowest BCUT2D eigenvalue weighted by Crippen LogP contribution is -2.16. The van der Waals surface area contributed by atoms with Gasteiger partial charge in [0.15, 0.2) is 0 Å². The lowest BCUT2D eigenvalue weighted by molar-refractivity contribution is -0.142. The minimum Gasteiger partial charge on any atom is -0.480 e. The molecule has 0 aromatic carbocycles. The summed E-state index contributed by atoms with van der Waals surface area (Å²) in [6, 6.07) is 0.108. The van der Waals surface area contributed by atoms with Gasteiger partial charge in [0.1, 0.15) is 12.4 Å². The number of hydrogen-bond donors (Lipinski definition) is 1. The molecule has 1 rings (SSSR count). The van der Waals surface area contributed by atoms with Crippen molar-refractivity contribution >= 4 is 5.97 Å². The van der Waals surface area contributed by atoms with E-state index >= 15 is 0 Å². The van der Waals surface area contributed by atoms with E-state index in [9.17, 15) is 4.79 Å². The van der Waals surface area contributed by atoms with E-state index in [-0.39, 0.29) is 12.6 Å². The van der Waals surface area contributed by atoms with Crippen molar-refractivity contribution in [2.24, 2.45) is 0 Å². The summed E-state index contributed by atoms with van der Waals surface area (Å²) in [6.07, 6.45) is 3.56. The van der Waals surface area contributed by atoms with Crippen molar-refractivity contribution in [1.82, 2.24) is 9.55 Å². The maximum Gasteiger partial charge on any atom is 0.329 e. The average molecular weight is 198 g/mol. The highest BCUT2D eigenvalue weighted by molar-refractivity contribution is 5.67. The molecule has 0 unspecified atom stereocenters. The maximum absolute atomic E-state index is 10.2. The third-order valence-corrected chi connectivity index (χ3v) is 1.92. The summed E-state index contributed by atoms with van der Waals surface area (Å²) in [5, 5.41) is 8.37. The van der Waals surface area contributed by atoms with Crippen LogP contribution >= 0.6 is 0 Å². The molecule has 0 aliphatic carbocycles. The molecule has 1 N–H and O–H groups in total. The third kappa shape index (κ3) is 2.85. The van der Waals surface area contributed by atoms with Gasteiger partial charge in [-0.15, -0.1) is 0 Å². The van der Waals surface area contributed by atoms with Crippen LogP contribution in [-0.4, -0.2) is 33.8 Å². The predicted molar refractivity (Wildman–Crippen MR) is 50.1 cm³/mol. The first-order chi connectivity index (χ1) is 6.61. The zero-order valence-electron chi connectivity index (χ0n) is 8.30. The molecular formula is C9H14N2O3. The zero-order chi connectivity index (χ0) is 10.6. The summed E-state index contributed by atoms with van der Waals surface area (Å²) >= 11 is 0. The molecule has 0 aliphatic heterocycles. The lowest BCUT2D eigenvalue weighted by atomic mass is 10.3. The Bertz CT molecular complexity index is 309. The molecule has 0 fully saturated rings. The second kappa shape index (κ2) is 4.76. The van der Waals surface area contributed by atoms with Crippen LogP contribution in [-0.2, 0) is 9.53 Å². The van der Waals surface area contributed by atoms with E-state index in [1.165, 1.54) is 0 Å². The predicted octanol–water partition coefficient (Wildman–Crippen LogP) is 0.854. The quantitative estimate of drug-likeness (QED) is 0.761. The number of aryl methyl sites for hydroxylation is 1. The van der Waals surface area contributed by atoms with Crippen molar-refractivity contribution in [3.05, 3.63) is 18.2 Å². The van der Waals surface area contributed by atoms with Crippen molar-refractivity contribution < 1.29 is 14.6 Å². The number of imidazole rings is 1. The smallest absolute Gasteiger partial charge is 0.329 e. The van der Waals surface area contributed by atoms with Crippen LogP contribution in [0.25, 0.3) is 0 Å².